The first-order valence-corrected chi connectivity index (χ1v) is 7.90. The Balaban J connectivity index is 1.84. The zero-order chi connectivity index (χ0) is 15.6. The highest BCUT2D eigenvalue weighted by atomic mass is 35.5. The minimum atomic E-state index is -0.00395. The van der Waals surface area contributed by atoms with Crippen LogP contribution in [0.2, 0.25) is 10.0 Å². The van der Waals surface area contributed by atoms with E-state index in [4.69, 9.17) is 32.7 Å². The maximum Gasteiger partial charge on any atom is 0.262 e. The van der Waals surface area contributed by atoms with Gasteiger partial charge in [0.25, 0.3) is 6.71 Å². The van der Waals surface area contributed by atoms with Gasteiger partial charge in [-0.2, -0.15) is 0 Å². The number of hydrogen-bond acceptors (Lipinski definition) is 3. The molecule has 2 aliphatic rings. The molecule has 110 valence electrons. The lowest BCUT2D eigenvalue weighted by atomic mass is 9.35. The first kappa shape index (κ1) is 13.3. The molecule has 3 nitrogen and oxygen atoms in total. The van der Waals surface area contributed by atoms with Crippen LogP contribution in [0, 0.1) is 0 Å². The fourth-order valence-electron chi connectivity index (χ4n) is 3.24. The van der Waals surface area contributed by atoms with Gasteiger partial charge in [-0.25, -0.2) is 4.98 Å². The van der Waals surface area contributed by atoms with Crippen molar-refractivity contribution in [1.82, 2.24) is 4.98 Å². The molecule has 0 fully saturated rings. The molecule has 6 heteroatoms. The lowest BCUT2D eigenvalue weighted by Crippen LogP contribution is -2.57. The van der Waals surface area contributed by atoms with Gasteiger partial charge in [0.1, 0.15) is 17.2 Å². The molecule has 0 atom stereocenters. The molecule has 1 aromatic heterocycles. The molecule has 0 spiro atoms. The number of halogens is 2. The van der Waals surface area contributed by atoms with Crippen LogP contribution in [0.3, 0.4) is 0 Å². The van der Waals surface area contributed by atoms with E-state index in [2.05, 4.69) is 4.98 Å². The van der Waals surface area contributed by atoms with Gasteiger partial charge in [0.2, 0.25) is 5.88 Å². The molecule has 0 amide bonds. The average Bonchev–Trinajstić information content (AvgIpc) is 2.54. The average molecular weight is 340 g/mol. The van der Waals surface area contributed by atoms with Crippen molar-refractivity contribution < 1.29 is 9.47 Å². The van der Waals surface area contributed by atoms with E-state index < -0.39 is 0 Å². The smallest absolute Gasteiger partial charge is 0.262 e. The van der Waals surface area contributed by atoms with E-state index in [1.807, 2.05) is 42.5 Å². The molecule has 2 aromatic carbocycles. The molecule has 0 N–H and O–H groups in total. The van der Waals surface area contributed by atoms with Gasteiger partial charge in [0.15, 0.2) is 0 Å². The predicted molar refractivity (Wildman–Crippen MR) is 91.9 cm³/mol. The number of nitrogens with zero attached hydrogens (tertiary/aromatic N) is 1. The van der Waals surface area contributed by atoms with Crippen LogP contribution in [0.25, 0.3) is 0 Å². The summed E-state index contributed by atoms with van der Waals surface area (Å²) in [7, 11) is 0. The highest BCUT2D eigenvalue weighted by Crippen LogP contribution is 2.34. The van der Waals surface area contributed by atoms with Crippen molar-refractivity contribution in [3.63, 3.8) is 0 Å². The third-order valence-electron chi connectivity index (χ3n) is 4.20. The largest absolute Gasteiger partial charge is 0.458 e. The summed E-state index contributed by atoms with van der Waals surface area (Å²) in [6, 6.07) is 13.2. The van der Waals surface area contributed by atoms with Crippen molar-refractivity contribution in [2.45, 2.75) is 0 Å². The van der Waals surface area contributed by atoms with Crippen LogP contribution in [0.4, 0.5) is 0 Å². The van der Waals surface area contributed by atoms with Gasteiger partial charge in [0, 0.05) is 21.7 Å². The van der Waals surface area contributed by atoms with Crippen LogP contribution in [0.15, 0.2) is 48.7 Å². The topological polar surface area (TPSA) is 31.4 Å². The molecule has 3 aromatic rings. The van der Waals surface area contributed by atoms with Gasteiger partial charge in [-0.3, -0.25) is 0 Å². The molecule has 0 unspecified atom stereocenters. The Kier molecular flexibility index (Phi) is 2.70. The van der Waals surface area contributed by atoms with Crippen LogP contribution < -0.4 is 25.9 Å². The number of rotatable bonds is 0. The summed E-state index contributed by atoms with van der Waals surface area (Å²) < 4.78 is 12.0. The molecule has 0 saturated carbocycles. The Morgan fingerprint density at radius 1 is 0.783 bits per heavy atom. The van der Waals surface area contributed by atoms with E-state index in [1.54, 1.807) is 6.20 Å². The van der Waals surface area contributed by atoms with Crippen molar-refractivity contribution in [1.29, 1.82) is 0 Å². The minimum Gasteiger partial charge on any atom is -0.458 e. The van der Waals surface area contributed by atoms with E-state index in [0.717, 1.165) is 33.6 Å². The summed E-state index contributed by atoms with van der Waals surface area (Å²) in [6.07, 6.45) is 1.68. The third kappa shape index (κ3) is 1.89. The second-order valence-corrected chi connectivity index (χ2v) is 6.40. The fraction of sp³-hybridized carbons (Fsp3) is 0. The van der Waals surface area contributed by atoms with E-state index in [0.29, 0.717) is 15.9 Å². The monoisotopic (exact) mass is 339 g/mol. The Morgan fingerprint density at radius 2 is 1.43 bits per heavy atom. The molecule has 23 heavy (non-hydrogen) atoms. The van der Waals surface area contributed by atoms with Gasteiger partial charge >= 0.3 is 0 Å². The standard InChI is InChI=1S/C17H8BCl2NO2/c19-9-1-3-11-14(7-9)22-13-5-6-21-17-16(13)18(11)12-4-2-10(20)8-15(12)23-17/h1-8H. The lowest BCUT2D eigenvalue weighted by Gasteiger charge is -2.31. The van der Waals surface area contributed by atoms with Crippen LogP contribution >= 0.6 is 23.2 Å². The maximum atomic E-state index is 6.13. The molecule has 0 aliphatic carbocycles. The number of benzene rings is 2. The molecular weight excluding hydrogens is 332 g/mol. The van der Waals surface area contributed by atoms with Crippen molar-refractivity contribution in [3.05, 3.63) is 58.7 Å². The number of hydrogen-bond donors (Lipinski definition) is 0. The predicted octanol–water partition coefficient (Wildman–Crippen LogP) is 3.12. The first-order valence-electron chi connectivity index (χ1n) is 7.14. The molecule has 0 bridgehead atoms. The summed E-state index contributed by atoms with van der Waals surface area (Å²) >= 11 is 12.2. The van der Waals surface area contributed by atoms with Gasteiger partial charge in [-0.15, -0.1) is 0 Å². The number of pyridine rings is 1. The van der Waals surface area contributed by atoms with Gasteiger partial charge in [0.05, 0.1) is 0 Å². The fourth-order valence-corrected chi connectivity index (χ4v) is 3.57. The maximum absolute atomic E-state index is 6.13. The Morgan fingerprint density at radius 3 is 2.13 bits per heavy atom. The zero-order valence-electron chi connectivity index (χ0n) is 11.7. The van der Waals surface area contributed by atoms with Crippen LogP contribution in [0.1, 0.15) is 0 Å². The molecule has 5 rings (SSSR count). The highest BCUT2D eigenvalue weighted by molar-refractivity contribution is 6.98. The van der Waals surface area contributed by atoms with Crippen LogP contribution in [-0.2, 0) is 0 Å². The van der Waals surface area contributed by atoms with E-state index in [-0.39, 0.29) is 6.71 Å². The van der Waals surface area contributed by atoms with E-state index in [1.165, 1.54) is 0 Å². The van der Waals surface area contributed by atoms with Crippen molar-refractivity contribution in [3.8, 4) is 23.1 Å². The number of fused-ring (bicyclic) bond motifs is 4. The molecular formula is C17H8BCl2NO2. The van der Waals surface area contributed by atoms with Crippen molar-refractivity contribution in [2.75, 3.05) is 0 Å². The van der Waals surface area contributed by atoms with Crippen molar-refractivity contribution in [2.24, 2.45) is 0 Å². The summed E-state index contributed by atoms with van der Waals surface area (Å²) in [6.45, 7) is -0.00395. The van der Waals surface area contributed by atoms with Gasteiger partial charge in [-0.05, 0) is 41.3 Å². The SMILES string of the molecule is Clc1ccc2c(c1)Oc1ccnc3c1B2c1ccc(Cl)cc1O3. The van der Waals surface area contributed by atoms with Gasteiger partial charge < -0.3 is 9.47 Å². The van der Waals surface area contributed by atoms with Crippen molar-refractivity contribution >= 4 is 46.3 Å². The Labute approximate surface area is 142 Å². The highest BCUT2D eigenvalue weighted by Gasteiger charge is 2.40. The normalized spacial score (nSPS) is 13.4. The van der Waals surface area contributed by atoms with E-state index >= 15 is 0 Å². The summed E-state index contributed by atoms with van der Waals surface area (Å²) in [4.78, 5) is 4.36. The molecule has 0 radical (unpaired) electrons. The summed E-state index contributed by atoms with van der Waals surface area (Å²) in [5.41, 5.74) is 3.03. The molecule has 0 saturated heterocycles. The van der Waals surface area contributed by atoms with Crippen LogP contribution in [0.5, 0.6) is 23.1 Å². The number of aromatic nitrogens is 1. The van der Waals surface area contributed by atoms with Crippen LogP contribution in [-0.4, -0.2) is 11.7 Å². The molecule has 2 aliphatic heterocycles. The number of ether oxygens (including phenoxy) is 2. The lowest BCUT2D eigenvalue weighted by molar-refractivity contribution is 0.450. The summed E-state index contributed by atoms with van der Waals surface area (Å²) in [5.74, 6) is 2.79. The Bertz CT molecular complexity index is 903. The zero-order valence-corrected chi connectivity index (χ0v) is 13.2. The third-order valence-corrected chi connectivity index (χ3v) is 4.67. The minimum absolute atomic E-state index is 0.00395. The summed E-state index contributed by atoms with van der Waals surface area (Å²) in [5, 5.41) is 1.27. The van der Waals surface area contributed by atoms with Gasteiger partial charge in [-0.1, -0.05) is 35.3 Å². The van der Waals surface area contributed by atoms with E-state index in [9.17, 15) is 0 Å². The Hall–Kier alpha value is -2.17. The second-order valence-electron chi connectivity index (χ2n) is 5.53. The molecule has 3 heterocycles. The first-order chi connectivity index (χ1) is 11.2. The second kappa shape index (κ2) is 4.67. The quantitative estimate of drug-likeness (QED) is 0.406.